The van der Waals surface area contributed by atoms with Crippen LogP contribution < -0.4 is 5.76 Å². The molecule has 1 unspecified atom stereocenters. The third-order valence-corrected chi connectivity index (χ3v) is 7.96. The summed E-state index contributed by atoms with van der Waals surface area (Å²) in [6, 6.07) is 4.23. The Morgan fingerprint density at radius 2 is 1.66 bits per heavy atom. The summed E-state index contributed by atoms with van der Waals surface area (Å²) in [6.45, 7) is 14.7. The molecule has 7 heteroatoms. The summed E-state index contributed by atoms with van der Waals surface area (Å²) in [5.74, 6) is 0.178. The van der Waals surface area contributed by atoms with Crippen LogP contribution in [0.15, 0.2) is 21.3 Å². The molecule has 174 valence electrons. The molecule has 32 heavy (non-hydrogen) atoms. The number of thiophene rings is 2. The Hall–Kier alpha value is -2.12. The van der Waals surface area contributed by atoms with E-state index in [0.717, 1.165) is 33.0 Å². The van der Waals surface area contributed by atoms with Gasteiger partial charge in [0, 0.05) is 37.2 Å². The SMILES string of the molecule is CCC(Cn1c(-c2cc(C)sc2C)c(-c2cc(C)sc2C)oc1=O)CC(C)(C)C(=O)OC. The van der Waals surface area contributed by atoms with Crippen LogP contribution in [0.1, 0.15) is 53.1 Å². The van der Waals surface area contributed by atoms with Gasteiger partial charge < -0.3 is 9.15 Å². The highest BCUT2D eigenvalue weighted by atomic mass is 32.1. The minimum absolute atomic E-state index is 0.122. The van der Waals surface area contributed by atoms with E-state index in [1.165, 1.54) is 16.9 Å². The molecule has 5 nitrogen and oxygen atoms in total. The first-order valence-corrected chi connectivity index (χ1v) is 12.6. The van der Waals surface area contributed by atoms with Gasteiger partial charge in [0.1, 0.15) is 0 Å². The highest BCUT2D eigenvalue weighted by Crippen LogP contribution is 2.41. The Bertz CT molecular complexity index is 1180. The van der Waals surface area contributed by atoms with Crippen LogP contribution in [-0.4, -0.2) is 17.6 Å². The normalized spacial score (nSPS) is 12.9. The van der Waals surface area contributed by atoms with Crippen molar-refractivity contribution in [1.29, 1.82) is 0 Å². The Balaban J connectivity index is 2.13. The zero-order chi connectivity index (χ0) is 23.8. The van der Waals surface area contributed by atoms with Crippen LogP contribution in [0.25, 0.3) is 22.6 Å². The molecule has 0 aliphatic heterocycles. The number of oxazole rings is 1. The summed E-state index contributed by atoms with van der Waals surface area (Å²) in [5.41, 5.74) is 2.23. The van der Waals surface area contributed by atoms with Gasteiger partial charge in [-0.3, -0.25) is 9.36 Å². The highest BCUT2D eigenvalue weighted by molar-refractivity contribution is 7.12. The van der Waals surface area contributed by atoms with Crippen molar-refractivity contribution in [2.24, 2.45) is 11.3 Å². The minimum atomic E-state index is -0.623. The van der Waals surface area contributed by atoms with Crippen molar-refractivity contribution < 1.29 is 13.9 Å². The number of aryl methyl sites for hydroxylation is 4. The van der Waals surface area contributed by atoms with Gasteiger partial charge in [0.2, 0.25) is 0 Å². The van der Waals surface area contributed by atoms with E-state index in [-0.39, 0.29) is 17.6 Å². The molecule has 0 bridgehead atoms. The van der Waals surface area contributed by atoms with Crippen molar-refractivity contribution in [3.8, 4) is 22.6 Å². The number of methoxy groups -OCH3 is 1. The van der Waals surface area contributed by atoms with Crippen LogP contribution in [0.3, 0.4) is 0 Å². The van der Waals surface area contributed by atoms with Gasteiger partial charge in [0.15, 0.2) is 5.76 Å². The third kappa shape index (κ3) is 4.79. The summed E-state index contributed by atoms with van der Waals surface area (Å²) in [4.78, 5) is 30.1. The monoisotopic (exact) mass is 475 g/mol. The van der Waals surface area contributed by atoms with Crippen LogP contribution in [0.5, 0.6) is 0 Å². The molecule has 3 aromatic rings. The summed E-state index contributed by atoms with van der Waals surface area (Å²) >= 11 is 3.43. The van der Waals surface area contributed by atoms with Crippen LogP contribution >= 0.6 is 22.7 Å². The zero-order valence-corrected chi connectivity index (χ0v) is 21.9. The molecule has 3 rings (SSSR count). The number of rotatable bonds is 8. The number of esters is 1. The summed E-state index contributed by atoms with van der Waals surface area (Å²) in [5, 5.41) is 0. The van der Waals surface area contributed by atoms with Gasteiger partial charge in [-0.15, -0.1) is 22.7 Å². The van der Waals surface area contributed by atoms with E-state index in [2.05, 4.69) is 46.8 Å². The lowest BCUT2D eigenvalue weighted by atomic mass is 9.81. The fourth-order valence-electron chi connectivity index (χ4n) is 4.42. The van der Waals surface area contributed by atoms with Crippen LogP contribution in [0.4, 0.5) is 0 Å². The fraction of sp³-hybridized carbons (Fsp3) is 0.520. The highest BCUT2D eigenvalue weighted by Gasteiger charge is 2.33. The first-order chi connectivity index (χ1) is 15.0. The lowest BCUT2D eigenvalue weighted by Gasteiger charge is -2.27. The van der Waals surface area contributed by atoms with E-state index in [1.807, 2.05) is 13.8 Å². The van der Waals surface area contributed by atoms with E-state index in [0.29, 0.717) is 18.7 Å². The number of ether oxygens (including phenoxy) is 1. The number of hydrogen-bond acceptors (Lipinski definition) is 6. The van der Waals surface area contributed by atoms with Gasteiger partial charge in [-0.25, -0.2) is 4.79 Å². The van der Waals surface area contributed by atoms with Gasteiger partial charge in [0.05, 0.1) is 18.2 Å². The first kappa shape index (κ1) is 24.5. The minimum Gasteiger partial charge on any atom is -0.469 e. The van der Waals surface area contributed by atoms with Crippen molar-refractivity contribution >= 4 is 28.6 Å². The molecule has 0 saturated heterocycles. The van der Waals surface area contributed by atoms with Crippen molar-refractivity contribution in [2.45, 2.75) is 67.9 Å². The zero-order valence-electron chi connectivity index (χ0n) is 20.3. The maximum Gasteiger partial charge on any atom is 0.420 e. The summed E-state index contributed by atoms with van der Waals surface area (Å²) in [6.07, 6.45) is 1.46. The van der Waals surface area contributed by atoms with E-state index >= 15 is 0 Å². The van der Waals surface area contributed by atoms with Gasteiger partial charge in [-0.1, -0.05) is 13.3 Å². The molecule has 0 N–H and O–H groups in total. The van der Waals surface area contributed by atoms with Crippen LogP contribution in [0.2, 0.25) is 0 Å². The smallest absolute Gasteiger partial charge is 0.420 e. The third-order valence-electron chi connectivity index (χ3n) is 6.03. The molecule has 0 aliphatic rings. The average molecular weight is 476 g/mol. The average Bonchev–Trinajstić information content (AvgIpc) is 3.34. The molecular formula is C25H33NO4S2. The lowest BCUT2D eigenvalue weighted by molar-refractivity contribution is -0.151. The van der Waals surface area contributed by atoms with Crippen molar-refractivity contribution in [2.75, 3.05) is 7.11 Å². The Labute approximate surface area is 198 Å². The van der Waals surface area contributed by atoms with Crippen molar-refractivity contribution in [3.05, 3.63) is 42.2 Å². The molecule has 0 radical (unpaired) electrons. The Kier molecular flexibility index (Phi) is 7.20. The van der Waals surface area contributed by atoms with E-state index < -0.39 is 5.41 Å². The number of carbonyl (C=O) groups excluding carboxylic acids is 1. The van der Waals surface area contributed by atoms with Gasteiger partial charge in [-0.2, -0.15) is 0 Å². The van der Waals surface area contributed by atoms with Gasteiger partial charge >= 0.3 is 11.7 Å². The molecule has 1 atom stereocenters. The van der Waals surface area contributed by atoms with Gasteiger partial charge in [-0.05, 0) is 66.0 Å². The van der Waals surface area contributed by atoms with Crippen molar-refractivity contribution in [3.63, 3.8) is 0 Å². The quantitative estimate of drug-likeness (QED) is 0.338. The molecule has 3 aromatic heterocycles. The largest absolute Gasteiger partial charge is 0.469 e. The predicted molar refractivity (Wildman–Crippen MR) is 133 cm³/mol. The maximum atomic E-state index is 13.2. The molecule has 0 spiro atoms. The second kappa shape index (κ2) is 9.40. The number of hydrogen-bond donors (Lipinski definition) is 0. The van der Waals surface area contributed by atoms with Crippen LogP contribution in [-0.2, 0) is 16.1 Å². The summed E-state index contributed by atoms with van der Waals surface area (Å²) in [7, 11) is 1.42. The van der Waals surface area contributed by atoms with E-state index in [9.17, 15) is 9.59 Å². The molecule has 0 amide bonds. The molecule has 0 fully saturated rings. The van der Waals surface area contributed by atoms with Gasteiger partial charge in [0.25, 0.3) is 0 Å². The first-order valence-electron chi connectivity index (χ1n) is 10.9. The number of aromatic nitrogens is 1. The summed E-state index contributed by atoms with van der Waals surface area (Å²) < 4.78 is 12.7. The predicted octanol–water partition coefficient (Wildman–Crippen LogP) is 6.75. The fourth-order valence-corrected chi connectivity index (χ4v) is 6.27. The van der Waals surface area contributed by atoms with E-state index in [1.54, 1.807) is 27.2 Å². The molecule has 0 aliphatic carbocycles. The van der Waals surface area contributed by atoms with Crippen molar-refractivity contribution in [1.82, 2.24) is 4.57 Å². The van der Waals surface area contributed by atoms with E-state index in [4.69, 9.17) is 9.15 Å². The Morgan fingerprint density at radius 1 is 1.09 bits per heavy atom. The topological polar surface area (TPSA) is 61.4 Å². The molecule has 3 heterocycles. The second-order valence-electron chi connectivity index (χ2n) is 9.16. The maximum absolute atomic E-state index is 13.2. The number of nitrogens with zero attached hydrogens (tertiary/aromatic N) is 1. The number of carbonyl (C=O) groups is 1. The Morgan fingerprint density at radius 3 is 2.12 bits per heavy atom. The molecule has 0 aromatic carbocycles. The standard InChI is InChI=1S/C25H33NO4S2/c1-9-18(12-25(6,7)23(27)29-8)13-26-21(19-10-14(2)31-16(19)4)22(30-24(26)28)20-11-15(3)32-17(20)5/h10-11,18H,9,12-13H2,1-8H3. The molecule has 0 saturated carbocycles. The second-order valence-corrected chi connectivity index (χ2v) is 12.1. The van der Waals surface area contributed by atoms with Crippen LogP contribution in [0, 0.1) is 39.0 Å². The molecular weight excluding hydrogens is 442 g/mol. The lowest BCUT2D eigenvalue weighted by Crippen LogP contribution is -2.31.